The first-order valence-electron chi connectivity index (χ1n) is 15.0. The summed E-state index contributed by atoms with van der Waals surface area (Å²) in [4.78, 5) is 12.0. The van der Waals surface area contributed by atoms with Crippen LogP contribution in [0.5, 0.6) is 0 Å². The Kier molecular flexibility index (Phi) is 26.7. The van der Waals surface area contributed by atoms with Crippen LogP contribution < -0.4 is 5.73 Å². The van der Waals surface area contributed by atoms with Crippen molar-refractivity contribution in [3.8, 4) is 0 Å². The minimum absolute atomic E-state index is 0.296. The van der Waals surface area contributed by atoms with Gasteiger partial charge in [-0.05, 0) is 19.3 Å². The average molecular weight is 465 g/mol. The molecule has 0 saturated heterocycles. The molecule has 196 valence electrons. The summed E-state index contributed by atoms with van der Waals surface area (Å²) < 4.78 is 0. The SMILES string of the molecule is CCCCCCCCCCCCCCCCCCCCCC(=O)CCCCCCCC(=N)N. The maximum Gasteiger partial charge on any atom is 0.132 e. The van der Waals surface area contributed by atoms with Crippen LogP contribution in [0, 0.1) is 5.41 Å². The lowest BCUT2D eigenvalue weighted by atomic mass is 10.0. The van der Waals surface area contributed by atoms with Gasteiger partial charge < -0.3 is 5.73 Å². The highest BCUT2D eigenvalue weighted by molar-refractivity contribution is 5.78. The van der Waals surface area contributed by atoms with Crippen molar-refractivity contribution in [2.45, 2.75) is 180 Å². The fourth-order valence-electron chi connectivity index (χ4n) is 4.69. The Balaban J connectivity index is 3.13. The summed E-state index contributed by atoms with van der Waals surface area (Å²) in [5, 5.41) is 7.20. The molecule has 33 heavy (non-hydrogen) atoms. The lowest BCUT2D eigenvalue weighted by Gasteiger charge is -2.04. The highest BCUT2D eigenvalue weighted by Crippen LogP contribution is 2.15. The van der Waals surface area contributed by atoms with E-state index in [-0.39, 0.29) is 0 Å². The number of rotatable bonds is 28. The molecule has 0 fully saturated rings. The Morgan fingerprint density at radius 1 is 0.455 bits per heavy atom. The van der Waals surface area contributed by atoms with Gasteiger partial charge in [0.1, 0.15) is 5.78 Å². The van der Waals surface area contributed by atoms with Crippen molar-refractivity contribution in [3.63, 3.8) is 0 Å². The molecule has 0 bridgehead atoms. The van der Waals surface area contributed by atoms with Gasteiger partial charge in [0.05, 0.1) is 5.84 Å². The lowest BCUT2D eigenvalue weighted by molar-refractivity contribution is -0.119. The van der Waals surface area contributed by atoms with Crippen molar-refractivity contribution in [2.24, 2.45) is 5.73 Å². The van der Waals surface area contributed by atoms with Crippen molar-refractivity contribution in [1.82, 2.24) is 0 Å². The van der Waals surface area contributed by atoms with Crippen LogP contribution in [0.1, 0.15) is 180 Å². The molecule has 3 nitrogen and oxygen atoms in total. The van der Waals surface area contributed by atoms with Crippen molar-refractivity contribution in [2.75, 3.05) is 0 Å². The van der Waals surface area contributed by atoms with E-state index < -0.39 is 0 Å². The van der Waals surface area contributed by atoms with Gasteiger partial charge in [-0.2, -0.15) is 0 Å². The first-order valence-corrected chi connectivity index (χ1v) is 15.0. The predicted octanol–water partition coefficient (Wildman–Crippen LogP) is 10.0. The largest absolute Gasteiger partial charge is 0.388 e. The molecule has 0 heterocycles. The lowest BCUT2D eigenvalue weighted by Crippen LogP contribution is -2.08. The average Bonchev–Trinajstić information content (AvgIpc) is 2.79. The Morgan fingerprint density at radius 3 is 0.970 bits per heavy atom. The summed E-state index contributed by atoms with van der Waals surface area (Å²) in [7, 11) is 0. The topological polar surface area (TPSA) is 66.9 Å². The van der Waals surface area contributed by atoms with E-state index in [1.165, 1.54) is 122 Å². The van der Waals surface area contributed by atoms with Gasteiger partial charge in [-0.25, -0.2) is 0 Å². The Bertz CT molecular complexity index is 422. The third kappa shape index (κ3) is 29.1. The maximum absolute atomic E-state index is 12.0. The second-order valence-corrected chi connectivity index (χ2v) is 10.4. The molecule has 0 aliphatic rings. The molecule has 0 saturated carbocycles. The van der Waals surface area contributed by atoms with E-state index in [2.05, 4.69) is 6.92 Å². The molecule has 0 aliphatic carbocycles. The molecule has 3 N–H and O–H groups in total. The molecule has 0 aromatic rings. The van der Waals surface area contributed by atoms with E-state index in [0.717, 1.165) is 51.4 Å². The number of carbonyl (C=O) groups excluding carboxylic acids is 1. The standard InChI is InChI=1S/C30H60N2O/c1-2-3-4-5-6-7-8-9-10-11-12-13-14-15-16-17-18-20-23-26-29(33)27-24-21-19-22-25-28-30(31)32/h2-28H2,1H3,(H3,31,32). The number of carbonyl (C=O) groups is 1. The highest BCUT2D eigenvalue weighted by atomic mass is 16.1. The van der Waals surface area contributed by atoms with Crippen molar-refractivity contribution in [3.05, 3.63) is 0 Å². The molecule has 0 radical (unpaired) electrons. The van der Waals surface area contributed by atoms with Crippen LogP contribution >= 0.6 is 0 Å². The second kappa shape index (κ2) is 27.4. The van der Waals surface area contributed by atoms with Gasteiger partial charge in [0, 0.05) is 19.3 Å². The molecule has 0 spiro atoms. The van der Waals surface area contributed by atoms with E-state index >= 15 is 0 Å². The van der Waals surface area contributed by atoms with Crippen LogP contribution in [0.15, 0.2) is 0 Å². The second-order valence-electron chi connectivity index (χ2n) is 10.4. The minimum atomic E-state index is 0.296. The molecular weight excluding hydrogens is 404 g/mol. The summed E-state index contributed by atoms with van der Waals surface area (Å²) in [6.07, 6.45) is 34.3. The first-order chi connectivity index (χ1) is 16.2. The number of amidine groups is 1. The molecule has 0 aromatic carbocycles. The van der Waals surface area contributed by atoms with Crippen molar-refractivity contribution >= 4 is 11.6 Å². The van der Waals surface area contributed by atoms with Crippen LogP contribution in [0.25, 0.3) is 0 Å². The number of nitrogens with two attached hydrogens (primary N) is 1. The molecule has 0 aliphatic heterocycles. The van der Waals surface area contributed by atoms with E-state index in [0.29, 0.717) is 11.6 Å². The fourth-order valence-corrected chi connectivity index (χ4v) is 4.69. The summed E-state index contributed by atoms with van der Waals surface area (Å²) in [6, 6.07) is 0. The van der Waals surface area contributed by atoms with E-state index in [1.807, 2.05) is 0 Å². The molecule has 3 heteroatoms. The number of unbranched alkanes of at least 4 members (excludes halogenated alkanes) is 22. The molecule has 0 rings (SSSR count). The predicted molar refractivity (Wildman–Crippen MR) is 147 cm³/mol. The number of hydrogen-bond acceptors (Lipinski definition) is 2. The molecular formula is C30H60N2O. The van der Waals surface area contributed by atoms with Crippen LogP contribution in [0.4, 0.5) is 0 Å². The molecule has 0 unspecified atom stereocenters. The smallest absolute Gasteiger partial charge is 0.132 e. The molecule has 0 atom stereocenters. The summed E-state index contributed by atoms with van der Waals surface area (Å²) in [5.41, 5.74) is 5.35. The van der Waals surface area contributed by atoms with E-state index in [4.69, 9.17) is 11.1 Å². The zero-order chi connectivity index (χ0) is 24.2. The number of Topliss-reactive ketones (excluding diaryl/α,β-unsaturated/α-hetero) is 1. The van der Waals surface area contributed by atoms with E-state index in [9.17, 15) is 4.79 Å². The third-order valence-electron chi connectivity index (χ3n) is 6.96. The Hall–Kier alpha value is -0.860. The van der Waals surface area contributed by atoms with Crippen LogP contribution in [0.3, 0.4) is 0 Å². The maximum atomic E-state index is 12.0. The monoisotopic (exact) mass is 464 g/mol. The number of ketones is 1. The van der Waals surface area contributed by atoms with Gasteiger partial charge in [0.2, 0.25) is 0 Å². The quantitative estimate of drug-likeness (QED) is 0.0687. The third-order valence-corrected chi connectivity index (χ3v) is 6.96. The molecule has 0 aromatic heterocycles. The zero-order valence-corrected chi connectivity index (χ0v) is 22.6. The van der Waals surface area contributed by atoms with E-state index in [1.54, 1.807) is 0 Å². The van der Waals surface area contributed by atoms with Gasteiger partial charge in [0.15, 0.2) is 0 Å². The Labute approximate surface area is 208 Å². The zero-order valence-electron chi connectivity index (χ0n) is 22.6. The molecule has 0 amide bonds. The van der Waals surface area contributed by atoms with Crippen molar-refractivity contribution < 1.29 is 4.79 Å². The van der Waals surface area contributed by atoms with Crippen molar-refractivity contribution in [1.29, 1.82) is 5.41 Å². The van der Waals surface area contributed by atoms with Crippen LogP contribution in [-0.2, 0) is 4.79 Å². The normalized spacial score (nSPS) is 11.2. The number of nitrogens with one attached hydrogen (secondary N) is 1. The summed E-state index contributed by atoms with van der Waals surface area (Å²) in [6.45, 7) is 2.29. The van der Waals surface area contributed by atoms with Crippen LogP contribution in [0.2, 0.25) is 0 Å². The Morgan fingerprint density at radius 2 is 0.697 bits per heavy atom. The number of hydrogen-bond donors (Lipinski definition) is 2. The van der Waals surface area contributed by atoms with Gasteiger partial charge >= 0.3 is 0 Å². The van der Waals surface area contributed by atoms with Gasteiger partial charge in [-0.15, -0.1) is 0 Å². The summed E-state index contributed by atoms with van der Waals surface area (Å²) in [5.74, 6) is 0.760. The van der Waals surface area contributed by atoms with Gasteiger partial charge in [0.25, 0.3) is 0 Å². The van der Waals surface area contributed by atoms with Gasteiger partial charge in [-0.1, -0.05) is 142 Å². The highest BCUT2D eigenvalue weighted by Gasteiger charge is 2.02. The summed E-state index contributed by atoms with van der Waals surface area (Å²) >= 11 is 0. The minimum Gasteiger partial charge on any atom is -0.388 e. The van der Waals surface area contributed by atoms with Crippen LogP contribution in [-0.4, -0.2) is 11.6 Å². The van der Waals surface area contributed by atoms with Gasteiger partial charge in [-0.3, -0.25) is 10.2 Å². The fraction of sp³-hybridized carbons (Fsp3) is 0.933. The first kappa shape index (κ1) is 32.1.